The molecule has 0 saturated carbocycles. The van der Waals surface area contributed by atoms with Crippen LogP contribution in [0.2, 0.25) is 0 Å². The van der Waals surface area contributed by atoms with E-state index in [1.807, 2.05) is 4.90 Å². The predicted molar refractivity (Wildman–Crippen MR) is 173 cm³/mol. The minimum Gasteiger partial charge on any atom is -0.481 e. The van der Waals surface area contributed by atoms with Crippen LogP contribution in [0.3, 0.4) is 0 Å². The van der Waals surface area contributed by atoms with E-state index in [1.54, 1.807) is 46.8 Å². The number of aryl methyl sites for hydroxylation is 2. The summed E-state index contributed by atoms with van der Waals surface area (Å²) in [6.07, 6.45) is -9.42. The first-order chi connectivity index (χ1) is 23.2. The molecule has 1 saturated heterocycles. The van der Waals surface area contributed by atoms with Gasteiger partial charge in [-0.05, 0) is 105 Å². The number of carbonyl (C=O) groups excluding carboxylic acids is 1. The molecule has 1 aromatic heterocycles. The summed E-state index contributed by atoms with van der Waals surface area (Å²) in [6, 6.07) is 2.22. The fourth-order valence-electron chi connectivity index (χ4n) is 6.30. The SMILES string of the molecule is Cc1ccc(C)c(-c2cc(C(CC(=O)O)NC(=O)[C@H](CC(C)C)n3cc(CCN4CCC4)c(C(F)(F)F)cc3=O)c(F)c(C(F)(F)F)c2)c1C. The lowest BCUT2D eigenvalue weighted by molar-refractivity contribution is -0.140. The molecule has 2 aromatic carbocycles. The van der Waals surface area contributed by atoms with E-state index in [2.05, 4.69) is 5.32 Å². The van der Waals surface area contributed by atoms with Gasteiger partial charge in [0, 0.05) is 24.4 Å². The average molecular weight is 712 g/mol. The Kier molecular flexibility index (Phi) is 11.5. The highest BCUT2D eigenvalue weighted by atomic mass is 19.4. The number of aromatic nitrogens is 1. The highest BCUT2D eigenvalue weighted by Gasteiger charge is 2.39. The van der Waals surface area contributed by atoms with Gasteiger partial charge in [-0.3, -0.25) is 14.4 Å². The summed E-state index contributed by atoms with van der Waals surface area (Å²) in [5, 5.41) is 12.1. The summed E-state index contributed by atoms with van der Waals surface area (Å²) in [7, 11) is 0. The molecule has 3 aromatic rings. The van der Waals surface area contributed by atoms with Crippen LogP contribution in [-0.4, -0.2) is 46.1 Å². The van der Waals surface area contributed by atoms with E-state index in [0.717, 1.165) is 28.8 Å². The fraction of sp³-hybridized carbons (Fsp3) is 0.472. The number of carbonyl (C=O) groups is 2. The van der Waals surface area contributed by atoms with Crippen LogP contribution in [0, 0.1) is 32.5 Å². The number of amides is 1. The van der Waals surface area contributed by atoms with Gasteiger partial charge < -0.3 is 19.9 Å². The first-order valence-corrected chi connectivity index (χ1v) is 16.2. The summed E-state index contributed by atoms with van der Waals surface area (Å²) in [5.41, 5.74) is -2.71. The molecule has 1 unspecified atom stereocenters. The molecule has 1 aliphatic rings. The number of likely N-dealkylation sites (tertiary alicyclic amines) is 1. The van der Waals surface area contributed by atoms with Gasteiger partial charge in [0.2, 0.25) is 5.91 Å². The van der Waals surface area contributed by atoms with E-state index >= 15 is 4.39 Å². The van der Waals surface area contributed by atoms with Crippen LogP contribution in [0.5, 0.6) is 0 Å². The number of rotatable bonds is 12. The Morgan fingerprint density at radius 1 is 0.940 bits per heavy atom. The summed E-state index contributed by atoms with van der Waals surface area (Å²) >= 11 is 0. The van der Waals surface area contributed by atoms with Crippen molar-refractivity contribution in [3.63, 3.8) is 0 Å². The molecule has 2 atom stereocenters. The van der Waals surface area contributed by atoms with Gasteiger partial charge in [-0.1, -0.05) is 26.0 Å². The molecule has 14 heteroatoms. The Balaban J connectivity index is 1.85. The molecule has 2 heterocycles. The Bertz CT molecular complexity index is 1810. The lowest BCUT2D eigenvalue weighted by Gasteiger charge is -2.31. The zero-order chi connectivity index (χ0) is 37.3. The number of hydrogen-bond donors (Lipinski definition) is 2. The third kappa shape index (κ3) is 8.74. The van der Waals surface area contributed by atoms with Crippen LogP contribution < -0.4 is 10.9 Å². The fourth-order valence-corrected chi connectivity index (χ4v) is 6.30. The topological polar surface area (TPSA) is 91.6 Å². The average Bonchev–Trinajstić information content (AvgIpc) is 2.96. The van der Waals surface area contributed by atoms with Crippen LogP contribution >= 0.6 is 0 Å². The van der Waals surface area contributed by atoms with Crippen molar-refractivity contribution < 1.29 is 45.4 Å². The maximum absolute atomic E-state index is 15.9. The second-order valence-electron chi connectivity index (χ2n) is 13.3. The number of carboxylic acid groups (broad SMARTS) is 1. The first kappa shape index (κ1) is 38.6. The summed E-state index contributed by atoms with van der Waals surface area (Å²) in [4.78, 5) is 41.1. The predicted octanol–water partition coefficient (Wildman–Crippen LogP) is 7.78. The number of halogens is 7. The third-order valence-electron chi connectivity index (χ3n) is 9.16. The Labute approximate surface area is 285 Å². The number of carboxylic acids is 1. The van der Waals surface area contributed by atoms with Gasteiger partial charge in [0.05, 0.1) is 23.6 Å². The van der Waals surface area contributed by atoms with Crippen LogP contribution in [0.4, 0.5) is 30.7 Å². The van der Waals surface area contributed by atoms with Crippen LogP contribution in [0.1, 0.15) is 84.1 Å². The van der Waals surface area contributed by atoms with Gasteiger partial charge in [-0.25, -0.2) is 4.39 Å². The number of hydrogen-bond acceptors (Lipinski definition) is 4. The van der Waals surface area contributed by atoms with E-state index in [4.69, 9.17) is 0 Å². The molecule has 1 fully saturated rings. The van der Waals surface area contributed by atoms with E-state index in [9.17, 15) is 45.8 Å². The number of benzene rings is 2. The van der Waals surface area contributed by atoms with Crippen molar-refractivity contribution in [2.45, 2.75) is 84.7 Å². The van der Waals surface area contributed by atoms with Gasteiger partial charge in [-0.15, -0.1) is 0 Å². The molecule has 7 nitrogen and oxygen atoms in total. The molecule has 1 aliphatic heterocycles. The second kappa shape index (κ2) is 15.0. The highest BCUT2D eigenvalue weighted by Crippen LogP contribution is 2.40. The summed E-state index contributed by atoms with van der Waals surface area (Å²) in [5.74, 6) is -4.75. The lowest BCUT2D eigenvalue weighted by Crippen LogP contribution is -2.41. The molecule has 2 N–H and O–H groups in total. The second-order valence-corrected chi connectivity index (χ2v) is 13.3. The molecular formula is C36H40F7N3O4. The van der Waals surface area contributed by atoms with E-state index in [-0.39, 0.29) is 36.4 Å². The van der Waals surface area contributed by atoms with Crippen molar-refractivity contribution in [1.82, 2.24) is 14.8 Å². The summed E-state index contributed by atoms with van der Waals surface area (Å²) in [6.45, 7) is 10.1. The smallest absolute Gasteiger partial charge is 0.419 e. The van der Waals surface area contributed by atoms with Crippen molar-refractivity contribution in [2.75, 3.05) is 19.6 Å². The molecule has 0 bridgehead atoms. The molecule has 4 rings (SSSR count). The van der Waals surface area contributed by atoms with Crippen LogP contribution in [-0.2, 0) is 28.4 Å². The molecule has 272 valence electrons. The Hall–Kier alpha value is -4.20. The number of pyridine rings is 1. The molecule has 0 aliphatic carbocycles. The molecular weight excluding hydrogens is 671 g/mol. The molecule has 0 radical (unpaired) electrons. The minimum atomic E-state index is -5.20. The lowest BCUT2D eigenvalue weighted by atomic mass is 9.88. The minimum absolute atomic E-state index is 0.0541. The van der Waals surface area contributed by atoms with E-state index in [0.29, 0.717) is 41.9 Å². The van der Waals surface area contributed by atoms with Crippen molar-refractivity contribution in [3.05, 3.63) is 91.6 Å². The maximum Gasteiger partial charge on any atom is 0.419 e. The van der Waals surface area contributed by atoms with E-state index in [1.165, 1.54) is 0 Å². The molecule has 0 spiro atoms. The van der Waals surface area contributed by atoms with Gasteiger partial charge >= 0.3 is 18.3 Å². The normalized spacial score (nSPS) is 15.1. The molecule has 50 heavy (non-hydrogen) atoms. The standard InChI is InChI=1S/C36H40F7N3O4/c1-19(2)13-29(46-18-23(9-12-45-10-6-11-45)26(16-30(46)47)35(38,39)40)34(50)44-28(17-31(48)49)25-14-24(15-27(33(25)37)36(41,42)43)32-21(4)8-7-20(3)22(32)5/h7-8,14-16,18-19,28-29H,6,9-13,17H2,1-5H3,(H,44,50)(H,48,49)/t28?,29-/m0/s1. The highest BCUT2D eigenvalue weighted by molar-refractivity contribution is 5.82. The monoisotopic (exact) mass is 711 g/mol. The number of nitrogens with one attached hydrogen (secondary N) is 1. The van der Waals surface area contributed by atoms with Crippen molar-refractivity contribution in [2.24, 2.45) is 5.92 Å². The van der Waals surface area contributed by atoms with Gasteiger partial charge in [-0.2, -0.15) is 26.3 Å². The van der Waals surface area contributed by atoms with Crippen molar-refractivity contribution in [3.8, 4) is 11.1 Å². The summed E-state index contributed by atoms with van der Waals surface area (Å²) < 4.78 is 101. The van der Waals surface area contributed by atoms with Gasteiger partial charge in [0.25, 0.3) is 5.56 Å². The van der Waals surface area contributed by atoms with Gasteiger partial charge in [0.1, 0.15) is 11.9 Å². The Morgan fingerprint density at radius 2 is 1.56 bits per heavy atom. The number of nitrogens with zero attached hydrogens (tertiary/aromatic N) is 2. The maximum atomic E-state index is 15.9. The first-order valence-electron chi connectivity index (χ1n) is 16.2. The van der Waals surface area contributed by atoms with E-state index < -0.39 is 70.8 Å². The van der Waals surface area contributed by atoms with Crippen molar-refractivity contribution in [1.29, 1.82) is 0 Å². The van der Waals surface area contributed by atoms with Crippen LogP contribution in [0.15, 0.2) is 41.3 Å². The zero-order valence-corrected chi connectivity index (χ0v) is 28.4. The van der Waals surface area contributed by atoms with Crippen molar-refractivity contribution >= 4 is 11.9 Å². The largest absolute Gasteiger partial charge is 0.481 e. The van der Waals surface area contributed by atoms with Gasteiger partial charge in [0.15, 0.2) is 0 Å². The third-order valence-corrected chi connectivity index (χ3v) is 9.16. The number of alkyl halides is 6. The Morgan fingerprint density at radius 3 is 2.10 bits per heavy atom. The van der Waals surface area contributed by atoms with Crippen LogP contribution in [0.25, 0.3) is 11.1 Å². The molecule has 1 amide bonds. The quantitative estimate of drug-likeness (QED) is 0.187. The zero-order valence-electron chi connectivity index (χ0n) is 28.4. The number of aliphatic carboxylic acids is 1.